The maximum atomic E-state index is 13.2. The molecule has 7 heteroatoms. The average Bonchev–Trinajstić information content (AvgIpc) is 3.56. The Kier molecular flexibility index (Phi) is 7.40. The molecule has 7 nitrogen and oxygen atoms in total. The number of hydrogen-bond donors (Lipinski definition) is 4. The highest BCUT2D eigenvalue weighted by Gasteiger charge is 2.66. The minimum absolute atomic E-state index is 0.0412. The van der Waals surface area contributed by atoms with E-state index in [1.807, 2.05) is 18.3 Å². The minimum Gasteiger partial charge on any atom is -0.506 e. The van der Waals surface area contributed by atoms with Crippen molar-refractivity contribution in [1.82, 2.24) is 19.8 Å². The molecular formula is C38H50N4O3. The number of fused-ring (bicyclic) bond motifs is 5. The van der Waals surface area contributed by atoms with Gasteiger partial charge in [-0.05, 0) is 126 Å². The zero-order chi connectivity index (χ0) is 30.8. The van der Waals surface area contributed by atoms with Crippen LogP contribution in [0.5, 0.6) is 5.75 Å². The molecule has 4 aliphatic heterocycles. The normalized spacial score (nSPS) is 38.3. The van der Waals surface area contributed by atoms with Crippen LogP contribution in [0.1, 0.15) is 89.7 Å². The topological polar surface area (TPSA) is 95.9 Å². The van der Waals surface area contributed by atoms with Crippen molar-refractivity contribution in [2.75, 3.05) is 26.2 Å². The molecule has 45 heavy (non-hydrogen) atoms. The highest BCUT2D eigenvalue weighted by atomic mass is 16.3. The molecule has 3 aromatic rings. The van der Waals surface area contributed by atoms with Gasteiger partial charge < -0.3 is 25.2 Å². The number of H-pyrrole nitrogens is 1. The van der Waals surface area contributed by atoms with Crippen molar-refractivity contribution in [3.05, 3.63) is 54.4 Å². The van der Waals surface area contributed by atoms with Crippen molar-refractivity contribution < 1.29 is 15.3 Å². The number of phenols is 1. The van der Waals surface area contributed by atoms with E-state index < -0.39 is 11.2 Å². The van der Waals surface area contributed by atoms with Crippen LogP contribution in [-0.2, 0) is 0 Å². The Balaban J connectivity index is 1.31. The van der Waals surface area contributed by atoms with Crippen LogP contribution in [0.3, 0.4) is 0 Å². The number of allylic oxidation sites excluding steroid dienone is 3. The molecule has 3 saturated heterocycles. The number of phenolic OH excluding ortho intramolecular Hbond substituents is 1. The summed E-state index contributed by atoms with van der Waals surface area (Å²) in [5, 5.41) is 37.4. The van der Waals surface area contributed by atoms with Crippen molar-refractivity contribution in [2.45, 2.75) is 107 Å². The summed E-state index contributed by atoms with van der Waals surface area (Å²) in [7, 11) is 0. The molecule has 4 N–H and O–H groups in total. The van der Waals surface area contributed by atoms with Crippen LogP contribution >= 0.6 is 0 Å². The van der Waals surface area contributed by atoms with E-state index in [1.54, 1.807) is 6.07 Å². The molecule has 5 aliphatic rings. The molecule has 2 aromatic heterocycles. The van der Waals surface area contributed by atoms with E-state index in [4.69, 9.17) is 4.98 Å². The maximum absolute atomic E-state index is 13.2. The van der Waals surface area contributed by atoms with E-state index in [1.165, 1.54) is 18.4 Å². The summed E-state index contributed by atoms with van der Waals surface area (Å²) >= 11 is 0. The van der Waals surface area contributed by atoms with Gasteiger partial charge in [-0.2, -0.15) is 0 Å². The molecule has 7 atom stereocenters. The van der Waals surface area contributed by atoms with Crippen LogP contribution in [0.25, 0.3) is 27.4 Å². The largest absolute Gasteiger partial charge is 0.506 e. The number of pyridine rings is 1. The lowest BCUT2D eigenvalue weighted by Gasteiger charge is -2.58. The second-order valence-electron chi connectivity index (χ2n) is 15.1. The predicted octanol–water partition coefficient (Wildman–Crippen LogP) is 6.54. The monoisotopic (exact) mass is 610 g/mol. The summed E-state index contributed by atoms with van der Waals surface area (Å²) < 4.78 is 0. The third-order valence-electron chi connectivity index (χ3n) is 12.6. The molecule has 1 spiro atoms. The summed E-state index contributed by atoms with van der Waals surface area (Å²) in [6, 6.07) is 8.14. The minimum atomic E-state index is -1.000. The quantitative estimate of drug-likeness (QED) is 0.246. The number of benzene rings is 1. The van der Waals surface area contributed by atoms with Gasteiger partial charge in [-0.25, -0.2) is 0 Å². The zero-order valence-electron chi connectivity index (χ0n) is 26.8. The van der Waals surface area contributed by atoms with Gasteiger partial charge >= 0.3 is 0 Å². The molecule has 6 heterocycles. The number of hydrogen-bond acceptors (Lipinski definition) is 6. The standard InChI is InChI=1S/C38H50N4O3/c1-2-36(44)16-10-21-42-26(13-18-36)23-37-25-41-20-8-6-4-3-5-7-17-38(45,35(37)42)24-29(30(37)15-22-41)33-34-28(14-19-39-33)27-11-9-12-31(43)32(27)40-34/h3,5,9,11-12,14,19,24,26,30,35,40,43-45H,2,4,6-8,10,13,15-18,20-23,25H2,1H3/b5-3-/t26-,30-,35+,36+,37-,38-/m0/s1. The Morgan fingerprint density at radius 2 is 1.80 bits per heavy atom. The number of piperidine rings is 1. The zero-order valence-corrected chi connectivity index (χ0v) is 26.8. The summed E-state index contributed by atoms with van der Waals surface area (Å²) in [6.45, 7) is 6.24. The second-order valence-corrected chi connectivity index (χ2v) is 15.1. The fourth-order valence-corrected chi connectivity index (χ4v) is 10.5. The van der Waals surface area contributed by atoms with Crippen LogP contribution in [-0.4, -0.2) is 84.6 Å². The fraction of sp³-hybridized carbons (Fsp3) is 0.605. The summed E-state index contributed by atoms with van der Waals surface area (Å²) in [6.07, 6.45) is 20.4. The second kappa shape index (κ2) is 11.2. The fourth-order valence-electron chi connectivity index (χ4n) is 10.5. The van der Waals surface area contributed by atoms with Crippen molar-refractivity contribution in [3.63, 3.8) is 0 Å². The Morgan fingerprint density at radius 1 is 0.933 bits per heavy atom. The molecule has 1 aromatic carbocycles. The lowest BCUT2D eigenvalue weighted by atomic mass is 9.54. The van der Waals surface area contributed by atoms with Crippen LogP contribution in [0.4, 0.5) is 0 Å². The van der Waals surface area contributed by atoms with Gasteiger partial charge in [0.15, 0.2) is 0 Å². The first kappa shape index (κ1) is 29.7. The van der Waals surface area contributed by atoms with Crippen molar-refractivity contribution in [3.8, 4) is 5.75 Å². The molecule has 0 saturated carbocycles. The van der Waals surface area contributed by atoms with Crippen LogP contribution in [0, 0.1) is 11.3 Å². The van der Waals surface area contributed by atoms with E-state index in [-0.39, 0.29) is 23.1 Å². The first-order valence-electron chi connectivity index (χ1n) is 17.7. The van der Waals surface area contributed by atoms with E-state index >= 15 is 0 Å². The number of rotatable bonds is 2. The third-order valence-corrected chi connectivity index (χ3v) is 12.6. The van der Waals surface area contributed by atoms with Gasteiger partial charge in [0.05, 0.1) is 27.9 Å². The van der Waals surface area contributed by atoms with Gasteiger partial charge in [-0.15, -0.1) is 0 Å². The smallest absolute Gasteiger partial charge is 0.139 e. The molecule has 1 aliphatic carbocycles. The third kappa shape index (κ3) is 4.80. The Labute approximate surface area is 267 Å². The van der Waals surface area contributed by atoms with Gasteiger partial charge in [-0.1, -0.05) is 31.2 Å². The van der Waals surface area contributed by atoms with E-state index in [0.29, 0.717) is 12.5 Å². The molecule has 3 bridgehead atoms. The van der Waals surface area contributed by atoms with E-state index in [2.05, 4.69) is 46.0 Å². The lowest BCUT2D eigenvalue weighted by molar-refractivity contribution is -0.0940. The predicted molar refractivity (Wildman–Crippen MR) is 180 cm³/mol. The molecule has 8 rings (SSSR count). The Morgan fingerprint density at radius 3 is 2.69 bits per heavy atom. The molecule has 0 amide bonds. The molecule has 1 unspecified atom stereocenters. The number of nitrogens with one attached hydrogen (secondary N) is 1. The summed E-state index contributed by atoms with van der Waals surface area (Å²) in [5.41, 5.74) is 2.13. The number of aromatic hydroxyl groups is 1. The van der Waals surface area contributed by atoms with Crippen LogP contribution in [0.2, 0.25) is 0 Å². The SMILES string of the molecule is CC[C@@]1(O)CCCN2[C@@H](CC1)C[C@]13CN4CCCC/C=C\CC[C@](O)(C=C(c5nccc6c5[nH]c5c(O)cccc56)[C@@H]1CC4)[C@H]23. The van der Waals surface area contributed by atoms with Crippen LogP contribution in [0.15, 0.2) is 48.7 Å². The van der Waals surface area contributed by atoms with Crippen molar-refractivity contribution in [1.29, 1.82) is 0 Å². The lowest BCUT2D eigenvalue weighted by Crippen LogP contribution is -2.65. The molecule has 3 fully saturated rings. The van der Waals surface area contributed by atoms with Gasteiger partial charge in [0, 0.05) is 41.0 Å². The Bertz CT molecular complexity index is 1650. The molecule has 0 radical (unpaired) electrons. The maximum Gasteiger partial charge on any atom is 0.139 e. The van der Waals surface area contributed by atoms with E-state index in [9.17, 15) is 15.3 Å². The highest BCUT2D eigenvalue weighted by molar-refractivity contribution is 6.11. The number of aromatic nitrogens is 2. The van der Waals surface area contributed by atoms with E-state index in [0.717, 1.165) is 111 Å². The number of nitrogens with zero attached hydrogens (tertiary/aromatic N) is 3. The summed E-state index contributed by atoms with van der Waals surface area (Å²) in [4.78, 5) is 14.1. The van der Waals surface area contributed by atoms with Gasteiger partial charge in [0.2, 0.25) is 0 Å². The van der Waals surface area contributed by atoms with Crippen molar-refractivity contribution >= 4 is 27.4 Å². The molecular weight excluding hydrogens is 560 g/mol. The van der Waals surface area contributed by atoms with Gasteiger partial charge in [-0.3, -0.25) is 9.88 Å². The summed E-state index contributed by atoms with van der Waals surface area (Å²) in [5.74, 6) is 0.522. The number of aliphatic hydroxyl groups is 2. The average molecular weight is 611 g/mol. The highest BCUT2D eigenvalue weighted by Crippen LogP contribution is 2.62. The van der Waals surface area contributed by atoms with Crippen LogP contribution < -0.4 is 0 Å². The number of para-hydroxylation sites is 1. The first-order chi connectivity index (χ1) is 21.8. The Hall–Kier alpha value is -2.71. The van der Waals surface area contributed by atoms with Crippen molar-refractivity contribution in [2.24, 2.45) is 11.3 Å². The molecule has 240 valence electrons. The van der Waals surface area contributed by atoms with Gasteiger partial charge in [0.25, 0.3) is 0 Å². The number of aromatic amines is 1. The van der Waals surface area contributed by atoms with Gasteiger partial charge in [0.1, 0.15) is 5.75 Å². The first-order valence-corrected chi connectivity index (χ1v) is 17.7.